The molecule has 16 heavy (non-hydrogen) atoms. The fourth-order valence-electron chi connectivity index (χ4n) is 2.34. The number of nitrogens with one attached hydrogen (secondary N) is 1. The molecule has 4 heteroatoms. The molecule has 1 unspecified atom stereocenters. The number of piperidine rings is 1. The average Bonchev–Trinajstić information content (AvgIpc) is 2.84. The van der Waals surface area contributed by atoms with Crippen LogP contribution in [0.3, 0.4) is 0 Å². The Morgan fingerprint density at radius 3 is 2.62 bits per heavy atom. The summed E-state index contributed by atoms with van der Waals surface area (Å²) in [6, 6.07) is 0. The molecule has 1 aromatic heterocycles. The minimum atomic E-state index is -0.102. The molecule has 3 rings (SSSR count). The molecule has 2 aliphatic rings. The number of hydrogen-bond acceptors (Lipinski definition) is 4. The van der Waals surface area contributed by atoms with Crippen molar-refractivity contribution < 1.29 is 4.52 Å². The number of nitrogens with zero attached hydrogens (tertiary/aromatic N) is 2. The van der Waals surface area contributed by atoms with Gasteiger partial charge < -0.3 is 9.84 Å². The Balaban J connectivity index is 1.85. The van der Waals surface area contributed by atoms with Gasteiger partial charge in [0.15, 0.2) is 5.82 Å². The Labute approximate surface area is 95.8 Å². The monoisotopic (exact) mass is 221 g/mol. The van der Waals surface area contributed by atoms with E-state index in [0.29, 0.717) is 0 Å². The van der Waals surface area contributed by atoms with Crippen molar-refractivity contribution in [1.29, 1.82) is 0 Å². The molecule has 1 saturated carbocycles. The lowest BCUT2D eigenvalue weighted by Crippen LogP contribution is -2.43. The third-order valence-corrected chi connectivity index (χ3v) is 4.06. The lowest BCUT2D eigenvalue weighted by Gasteiger charge is -2.31. The van der Waals surface area contributed by atoms with Gasteiger partial charge in [-0.05, 0) is 45.6 Å². The van der Waals surface area contributed by atoms with E-state index in [1.54, 1.807) is 0 Å². The van der Waals surface area contributed by atoms with Crippen molar-refractivity contribution >= 4 is 0 Å². The van der Waals surface area contributed by atoms with Gasteiger partial charge in [0, 0.05) is 5.41 Å². The van der Waals surface area contributed by atoms with Crippen LogP contribution in [0.4, 0.5) is 0 Å². The molecule has 1 aliphatic heterocycles. The van der Waals surface area contributed by atoms with E-state index in [9.17, 15) is 0 Å². The SMILES string of the molecule is CC1(c2noc(C3(C)CCCCN3)n2)CC1. The minimum absolute atomic E-state index is 0.102. The van der Waals surface area contributed by atoms with Crippen LogP contribution >= 0.6 is 0 Å². The van der Waals surface area contributed by atoms with Crippen molar-refractivity contribution in [3.8, 4) is 0 Å². The summed E-state index contributed by atoms with van der Waals surface area (Å²) in [7, 11) is 0. The molecule has 1 aliphatic carbocycles. The Kier molecular flexibility index (Phi) is 2.11. The van der Waals surface area contributed by atoms with Crippen LogP contribution in [-0.2, 0) is 11.0 Å². The smallest absolute Gasteiger partial charge is 0.246 e. The molecule has 0 spiro atoms. The van der Waals surface area contributed by atoms with Crippen molar-refractivity contribution in [2.45, 2.75) is 56.9 Å². The number of hydrogen-bond donors (Lipinski definition) is 1. The summed E-state index contributed by atoms with van der Waals surface area (Å²) in [6.45, 7) is 5.42. The normalized spacial score (nSPS) is 32.6. The zero-order valence-corrected chi connectivity index (χ0v) is 10.0. The first kappa shape index (κ1) is 10.3. The van der Waals surface area contributed by atoms with Gasteiger partial charge in [-0.15, -0.1) is 0 Å². The second-order valence-electron chi connectivity index (χ2n) is 5.70. The lowest BCUT2D eigenvalue weighted by molar-refractivity contribution is 0.206. The Morgan fingerprint density at radius 2 is 2.00 bits per heavy atom. The third-order valence-electron chi connectivity index (χ3n) is 4.06. The maximum absolute atomic E-state index is 5.45. The first-order chi connectivity index (χ1) is 7.62. The van der Waals surface area contributed by atoms with Gasteiger partial charge in [-0.3, -0.25) is 0 Å². The van der Waals surface area contributed by atoms with Crippen LogP contribution in [0.1, 0.15) is 57.7 Å². The summed E-state index contributed by atoms with van der Waals surface area (Å²) in [5.74, 6) is 1.67. The van der Waals surface area contributed by atoms with Gasteiger partial charge in [0.05, 0.1) is 5.54 Å². The second kappa shape index (κ2) is 3.29. The van der Waals surface area contributed by atoms with Crippen LogP contribution in [0.5, 0.6) is 0 Å². The van der Waals surface area contributed by atoms with E-state index >= 15 is 0 Å². The van der Waals surface area contributed by atoms with Crippen molar-refractivity contribution in [2.75, 3.05) is 6.54 Å². The summed E-state index contributed by atoms with van der Waals surface area (Å²) >= 11 is 0. The standard InChI is InChI=1S/C12H19N3O/c1-11(6-7-11)9-14-10(16-15-9)12(2)5-3-4-8-13-12/h13H,3-8H2,1-2H3. The summed E-state index contributed by atoms with van der Waals surface area (Å²) in [6.07, 6.45) is 5.95. The predicted octanol–water partition coefficient (Wildman–Crippen LogP) is 2.11. The van der Waals surface area contributed by atoms with E-state index in [1.807, 2.05) is 0 Å². The highest BCUT2D eigenvalue weighted by molar-refractivity contribution is 5.16. The average molecular weight is 221 g/mol. The van der Waals surface area contributed by atoms with E-state index in [4.69, 9.17) is 4.52 Å². The molecule has 1 atom stereocenters. The van der Waals surface area contributed by atoms with Crippen molar-refractivity contribution in [3.63, 3.8) is 0 Å². The highest BCUT2D eigenvalue weighted by Crippen LogP contribution is 2.46. The van der Waals surface area contributed by atoms with E-state index in [-0.39, 0.29) is 11.0 Å². The Bertz CT molecular complexity index is 389. The molecule has 4 nitrogen and oxygen atoms in total. The van der Waals surface area contributed by atoms with Gasteiger partial charge in [0.25, 0.3) is 0 Å². The van der Waals surface area contributed by atoms with E-state index in [1.165, 1.54) is 25.7 Å². The largest absolute Gasteiger partial charge is 0.337 e. The van der Waals surface area contributed by atoms with Crippen LogP contribution in [0.15, 0.2) is 4.52 Å². The second-order valence-corrected chi connectivity index (χ2v) is 5.70. The Morgan fingerprint density at radius 1 is 1.19 bits per heavy atom. The molecule has 0 radical (unpaired) electrons. The molecule has 1 aromatic rings. The van der Waals surface area contributed by atoms with Gasteiger partial charge in [0.1, 0.15) is 0 Å². The van der Waals surface area contributed by atoms with Crippen LogP contribution in [0.25, 0.3) is 0 Å². The van der Waals surface area contributed by atoms with E-state index in [0.717, 1.165) is 24.7 Å². The maximum Gasteiger partial charge on any atom is 0.246 e. The molecule has 2 heterocycles. The van der Waals surface area contributed by atoms with Gasteiger partial charge in [-0.25, -0.2) is 0 Å². The molecular weight excluding hydrogens is 202 g/mol. The highest BCUT2D eigenvalue weighted by atomic mass is 16.5. The van der Waals surface area contributed by atoms with Gasteiger partial charge in [-0.1, -0.05) is 12.1 Å². The van der Waals surface area contributed by atoms with Crippen LogP contribution in [0, 0.1) is 0 Å². The zero-order valence-electron chi connectivity index (χ0n) is 10.0. The topological polar surface area (TPSA) is 51.0 Å². The molecule has 0 aromatic carbocycles. The van der Waals surface area contributed by atoms with Crippen molar-refractivity contribution in [2.24, 2.45) is 0 Å². The minimum Gasteiger partial charge on any atom is -0.337 e. The molecule has 2 fully saturated rings. The molecular formula is C12H19N3O. The summed E-state index contributed by atoms with van der Waals surface area (Å²) in [4.78, 5) is 4.60. The quantitative estimate of drug-likeness (QED) is 0.831. The Hall–Kier alpha value is -0.900. The van der Waals surface area contributed by atoms with Gasteiger partial charge in [0.2, 0.25) is 5.89 Å². The highest BCUT2D eigenvalue weighted by Gasteiger charge is 2.45. The van der Waals surface area contributed by atoms with E-state index in [2.05, 4.69) is 29.3 Å². The molecule has 88 valence electrons. The zero-order chi connectivity index (χ0) is 11.2. The van der Waals surface area contributed by atoms with Crippen LogP contribution < -0.4 is 5.32 Å². The molecule has 1 saturated heterocycles. The predicted molar refractivity (Wildman–Crippen MR) is 60.1 cm³/mol. The maximum atomic E-state index is 5.45. The molecule has 1 N–H and O–H groups in total. The van der Waals surface area contributed by atoms with Crippen molar-refractivity contribution in [1.82, 2.24) is 15.5 Å². The fourth-order valence-corrected chi connectivity index (χ4v) is 2.34. The summed E-state index contributed by atoms with van der Waals surface area (Å²) in [5, 5.41) is 7.64. The first-order valence-electron chi connectivity index (χ1n) is 6.22. The lowest BCUT2D eigenvalue weighted by atomic mass is 9.91. The van der Waals surface area contributed by atoms with E-state index < -0.39 is 0 Å². The first-order valence-corrected chi connectivity index (χ1v) is 6.22. The van der Waals surface area contributed by atoms with Gasteiger partial charge >= 0.3 is 0 Å². The summed E-state index contributed by atoms with van der Waals surface area (Å²) < 4.78 is 5.45. The molecule has 0 bridgehead atoms. The third kappa shape index (κ3) is 1.56. The van der Waals surface area contributed by atoms with Crippen LogP contribution in [0.2, 0.25) is 0 Å². The fraction of sp³-hybridized carbons (Fsp3) is 0.833. The molecule has 0 amide bonds. The number of aromatic nitrogens is 2. The van der Waals surface area contributed by atoms with Crippen LogP contribution in [-0.4, -0.2) is 16.7 Å². The summed E-state index contributed by atoms with van der Waals surface area (Å²) in [5.41, 5.74) is 0.0987. The van der Waals surface area contributed by atoms with Gasteiger partial charge in [-0.2, -0.15) is 4.98 Å². The number of rotatable bonds is 2. The van der Waals surface area contributed by atoms with Crippen molar-refractivity contribution in [3.05, 3.63) is 11.7 Å².